The SMILES string of the molecule is C=C.CC(=O)OO. The summed E-state index contributed by atoms with van der Waals surface area (Å²) in [6.45, 7) is 7.11. The topological polar surface area (TPSA) is 46.5 Å². The molecule has 0 bridgehead atoms. The molecule has 0 aliphatic rings. The van der Waals surface area contributed by atoms with Crippen molar-refractivity contribution in [1.29, 1.82) is 0 Å². The molecule has 7 heavy (non-hydrogen) atoms. The normalized spacial score (nSPS) is 5.43. The predicted molar refractivity (Wildman–Crippen MR) is 25.6 cm³/mol. The molecule has 0 rings (SSSR count). The second-order valence-electron chi connectivity index (χ2n) is 0.583. The summed E-state index contributed by atoms with van der Waals surface area (Å²) in [4.78, 5) is 12.5. The van der Waals surface area contributed by atoms with Gasteiger partial charge in [0, 0.05) is 6.92 Å². The summed E-state index contributed by atoms with van der Waals surface area (Å²) < 4.78 is 0. The van der Waals surface area contributed by atoms with Crippen LogP contribution >= 0.6 is 0 Å². The molecule has 0 saturated heterocycles. The van der Waals surface area contributed by atoms with E-state index in [4.69, 9.17) is 5.26 Å². The van der Waals surface area contributed by atoms with Crippen molar-refractivity contribution in [2.24, 2.45) is 0 Å². The first-order valence-electron chi connectivity index (χ1n) is 1.59. The van der Waals surface area contributed by atoms with E-state index in [1.54, 1.807) is 0 Å². The molecule has 0 aromatic carbocycles. The van der Waals surface area contributed by atoms with Gasteiger partial charge in [0.25, 0.3) is 0 Å². The van der Waals surface area contributed by atoms with E-state index in [0.29, 0.717) is 0 Å². The van der Waals surface area contributed by atoms with Crippen molar-refractivity contribution in [2.75, 3.05) is 0 Å². The summed E-state index contributed by atoms with van der Waals surface area (Å²) in [6, 6.07) is 0. The van der Waals surface area contributed by atoms with Gasteiger partial charge in [0.1, 0.15) is 0 Å². The third-order valence-electron chi connectivity index (χ3n) is 0.129. The zero-order valence-electron chi connectivity index (χ0n) is 4.18. The van der Waals surface area contributed by atoms with Crippen LogP contribution in [0.3, 0.4) is 0 Å². The van der Waals surface area contributed by atoms with Crippen molar-refractivity contribution >= 4 is 5.97 Å². The highest BCUT2D eigenvalue weighted by Crippen LogP contribution is 1.59. The molecule has 1 N–H and O–H groups in total. The minimum atomic E-state index is -0.690. The van der Waals surface area contributed by atoms with Crippen molar-refractivity contribution in [3.05, 3.63) is 13.2 Å². The van der Waals surface area contributed by atoms with Crippen molar-refractivity contribution in [1.82, 2.24) is 0 Å². The molecule has 3 nitrogen and oxygen atoms in total. The van der Waals surface area contributed by atoms with Crippen LogP contribution in [0.4, 0.5) is 0 Å². The molecule has 42 valence electrons. The zero-order valence-corrected chi connectivity index (χ0v) is 4.18. The Morgan fingerprint density at radius 1 is 1.71 bits per heavy atom. The molecule has 0 aromatic heterocycles. The summed E-state index contributed by atoms with van der Waals surface area (Å²) in [7, 11) is 0. The van der Waals surface area contributed by atoms with Crippen LogP contribution in [0.25, 0.3) is 0 Å². The average Bonchev–Trinajstić information content (AvgIpc) is 1.73. The van der Waals surface area contributed by atoms with Gasteiger partial charge >= 0.3 is 5.97 Å². The molecule has 0 aromatic rings. The molecule has 0 heterocycles. The van der Waals surface area contributed by atoms with Crippen LogP contribution in [0.15, 0.2) is 13.2 Å². The van der Waals surface area contributed by atoms with Gasteiger partial charge in [0.2, 0.25) is 0 Å². The lowest BCUT2D eigenvalue weighted by atomic mass is 10.9. The molecule has 0 fully saturated rings. The van der Waals surface area contributed by atoms with Gasteiger partial charge in [-0.1, -0.05) is 0 Å². The molecule has 0 amide bonds. The fourth-order valence-corrected chi connectivity index (χ4v) is 0. The Bertz CT molecular complexity index is 50.9. The summed E-state index contributed by atoms with van der Waals surface area (Å²) in [5.74, 6) is -0.690. The van der Waals surface area contributed by atoms with Gasteiger partial charge in [-0.15, -0.1) is 13.2 Å². The average molecular weight is 104 g/mol. The van der Waals surface area contributed by atoms with Gasteiger partial charge < -0.3 is 4.89 Å². The van der Waals surface area contributed by atoms with Gasteiger partial charge in [0.15, 0.2) is 0 Å². The Kier molecular flexibility index (Phi) is 12.1. The van der Waals surface area contributed by atoms with Gasteiger partial charge in [-0.05, 0) is 0 Å². The van der Waals surface area contributed by atoms with Gasteiger partial charge in [-0.3, -0.25) is 0 Å². The maximum atomic E-state index is 9.34. The highest BCUT2D eigenvalue weighted by Gasteiger charge is 1.79. The zero-order chi connectivity index (χ0) is 6.28. The second kappa shape index (κ2) is 8.95. The van der Waals surface area contributed by atoms with Crippen molar-refractivity contribution in [3.63, 3.8) is 0 Å². The summed E-state index contributed by atoms with van der Waals surface area (Å²) in [6.07, 6.45) is 0. The maximum Gasteiger partial charge on any atom is 0.339 e. The first kappa shape index (κ1) is 9.48. The van der Waals surface area contributed by atoms with Gasteiger partial charge in [-0.25, -0.2) is 4.79 Å². The Morgan fingerprint density at radius 2 is 1.86 bits per heavy atom. The maximum absolute atomic E-state index is 9.34. The number of carbonyl (C=O) groups is 1. The van der Waals surface area contributed by atoms with E-state index >= 15 is 0 Å². The Balaban J connectivity index is 0. The van der Waals surface area contributed by atoms with Gasteiger partial charge in [-0.2, -0.15) is 5.26 Å². The summed E-state index contributed by atoms with van der Waals surface area (Å²) in [5.41, 5.74) is 0. The van der Waals surface area contributed by atoms with Crippen molar-refractivity contribution < 1.29 is 14.9 Å². The molecular weight excluding hydrogens is 96.0 g/mol. The van der Waals surface area contributed by atoms with Crippen LogP contribution in [0, 0.1) is 0 Å². The fourth-order valence-electron chi connectivity index (χ4n) is 0. The van der Waals surface area contributed by atoms with Crippen LogP contribution in [-0.2, 0) is 9.68 Å². The molecule has 0 unspecified atom stereocenters. The standard InChI is InChI=1S/C2H4O3.C2H4/c1-2(3)5-4;1-2/h4H,1H3;1-2H2. The van der Waals surface area contributed by atoms with Crippen LogP contribution in [0.5, 0.6) is 0 Å². The first-order valence-corrected chi connectivity index (χ1v) is 1.59. The monoisotopic (exact) mass is 104 g/mol. The summed E-state index contributed by atoms with van der Waals surface area (Å²) >= 11 is 0. The van der Waals surface area contributed by atoms with E-state index < -0.39 is 5.97 Å². The number of hydrogen-bond donors (Lipinski definition) is 1. The fraction of sp³-hybridized carbons (Fsp3) is 0.250. The Labute approximate surface area is 42.1 Å². The summed E-state index contributed by atoms with van der Waals surface area (Å²) in [5, 5.41) is 7.29. The first-order chi connectivity index (χ1) is 3.27. The highest BCUT2D eigenvalue weighted by atomic mass is 17.1. The smallest absolute Gasteiger partial charge is 0.301 e. The molecule has 0 saturated carbocycles. The minimum absolute atomic E-state index is 0.690. The predicted octanol–water partition coefficient (Wildman–Crippen LogP) is 0.825. The Morgan fingerprint density at radius 3 is 1.86 bits per heavy atom. The van der Waals surface area contributed by atoms with E-state index in [0.717, 1.165) is 6.92 Å². The van der Waals surface area contributed by atoms with Crippen LogP contribution in [-0.4, -0.2) is 11.2 Å². The van der Waals surface area contributed by atoms with E-state index in [1.165, 1.54) is 0 Å². The van der Waals surface area contributed by atoms with Crippen LogP contribution in [0.1, 0.15) is 6.92 Å². The highest BCUT2D eigenvalue weighted by molar-refractivity contribution is 5.64. The molecule has 0 radical (unpaired) electrons. The van der Waals surface area contributed by atoms with E-state index in [-0.39, 0.29) is 0 Å². The molecule has 0 aliphatic heterocycles. The van der Waals surface area contributed by atoms with E-state index in [9.17, 15) is 4.79 Å². The molecule has 0 atom stereocenters. The number of hydrogen-bond acceptors (Lipinski definition) is 3. The largest absolute Gasteiger partial charge is 0.339 e. The molecule has 0 spiro atoms. The Hall–Kier alpha value is -0.830. The second-order valence-corrected chi connectivity index (χ2v) is 0.583. The van der Waals surface area contributed by atoms with Crippen LogP contribution < -0.4 is 0 Å². The lowest BCUT2D eigenvalue weighted by Crippen LogP contribution is -1.89. The number of rotatable bonds is 0. The van der Waals surface area contributed by atoms with Gasteiger partial charge in [0.05, 0.1) is 0 Å². The molecular formula is C4H8O3. The molecule has 3 heteroatoms. The lowest BCUT2D eigenvalue weighted by Gasteiger charge is -1.76. The molecule has 0 aliphatic carbocycles. The third-order valence-corrected chi connectivity index (χ3v) is 0.129. The van der Waals surface area contributed by atoms with Crippen molar-refractivity contribution in [3.8, 4) is 0 Å². The minimum Gasteiger partial charge on any atom is -0.301 e. The lowest BCUT2D eigenvalue weighted by molar-refractivity contribution is -0.231. The third kappa shape index (κ3) is 38.0. The van der Waals surface area contributed by atoms with Crippen LogP contribution in [0.2, 0.25) is 0 Å². The van der Waals surface area contributed by atoms with E-state index in [1.807, 2.05) is 0 Å². The number of carbonyl (C=O) groups excluding carboxylic acids is 1. The quantitative estimate of drug-likeness (QED) is 0.281. The van der Waals surface area contributed by atoms with Crippen molar-refractivity contribution in [2.45, 2.75) is 6.92 Å². The van der Waals surface area contributed by atoms with E-state index in [2.05, 4.69) is 18.0 Å².